The fourth-order valence-corrected chi connectivity index (χ4v) is 3.02. The molecule has 1 amide bonds. The molecule has 1 heterocycles. The summed E-state index contributed by atoms with van der Waals surface area (Å²) in [6.07, 6.45) is 6.78. The maximum atomic E-state index is 12.5. The molecule has 0 saturated heterocycles. The number of carbonyl (C=O) groups is 2. The third-order valence-corrected chi connectivity index (χ3v) is 4.21. The summed E-state index contributed by atoms with van der Waals surface area (Å²) in [5, 5.41) is 13.5. The second-order valence-electron chi connectivity index (χ2n) is 5.73. The normalized spacial score (nSPS) is 22.0. The molecule has 1 aliphatic carbocycles. The van der Waals surface area contributed by atoms with Crippen molar-refractivity contribution in [3.8, 4) is 0 Å². The van der Waals surface area contributed by atoms with Crippen molar-refractivity contribution in [1.82, 2.24) is 14.7 Å². The fourth-order valence-electron chi connectivity index (χ4n) is 3.02. The number of aryl methyl sites for hydroxylation is 1. The van der Waals surface area contributed by atoms with Crippen LogP contribution in [0.2, 0.25) is 0 Å². The second kappa shape index (κ2) is 6.74. The third-order valence-electron chi connectivity index (χ3n) is 4.21. The smallest absolute Gasteiger partial charge is 0.307 e. The van der Waals surface area contributed by atoms with Gasteiger partial charge in [0.25, 0.3) is 0 Å². The molecule has 0 unspecified atom stereocenters. The largest absolute Gasteiger partial charge is 0.481 e. The predicted molar refractivity (Wildman–Crippen MR) is 77.5 cm³/mol. The van der Waals surface area contributed by atoms with Crippen molar-refractivity contribution in [2.75, 3.05) is 7.05 Å². The molecule has 0 bridgehead atoms. The van der Waals surface area contributed by atoms with Crippen LogP contribution in [-0.4, -0.2) is 38.7 Å². The number of aliphatic carboxylic acids is 1. The Labute approximate surface area is 124 Å². The van der Waals surface area contributed by atoms with E-state index in [-0.39, 0.29) is 11.8 Å². The van der Waals surface area contributed by atoms with Crippen molar-refractivity contribution in [2.45, 2.75) is 45.7 Å². The van der Waals surface area contributed by atoms with E-state index < -0.39 is 11.9 Å². The van der Waals surface area contributed by atoms with Crippen molar-refractivity contribution in [3.63, 3.8) is 0 Å². The van der Waals surface area contributed by atoms with Crippen molar-refractivity contribution in [1.29, 1.82) is 0 Å². The Morgan fingerprint density at radius 1 is 1.38 bits per heavy atom. The monoisotopic (exact) mass is 293 g/mol. The molecule has 1 aliphatic rings. The summed E-state index contributed by atoms with van der Waals surface area (Å²) in [5.41, 5.74) is 0.968. The quantitative estimate of drug-likeness (QED) is 0.897. The van der Waals surface area contributed by atoms with E-state index in [1.165, 1.54) is 0 Å². The molecule has 6 nitrogen and oxygen atoms in total. The molecule has 1 aromatic rings. The maximum absolute atomic E-state index is 12.5. The lowest BCUT2D eigenvalue weighted by molar-refractivity contribution is -0.152. The second-order valence-corrected chi connectivity index (χ2v) is 5.73. The number of carboxylic acid groups (broad SMARTS) is 1. The number of rotatable bonds is 5. The average molecular weight is 293 g/mol. The summed E-state index contributed by atoms with van der Waals surface area (Å²) < 4.78 is 1.81. The zero-order valence-corrected chi connectivity index (χ0v) is 12.7. The van der Waals surface area contributed by atoms with Gasteiger partial charge in [-0.1, -0.05) is 12.8 Å². The number of amides is 1. The Morgan fingerprint density at radius 3 is 2.62 bits per heavy atom. The minimum Gasteiger partial charge on any atom is -0.481 e. The summed E-state index contributed by atoms with van der Waals surface area (Å²) in [6.45, 7) is 3.27. The van der Waals surface area contributed by atoms with Gasteiger partial charge >= 0.3 is 5.97 Å². The molecular weight excluding hydrogens is 270 g/mol. The predicted octanol–water partition coefficient (Wildman–Crippen LogP) is 1.75. The van der Waals surface area contributed by atoms with Gasteiger partial charge in [0.1, 0.15) is 0 Å². The van der Waals surface area contributed by atoms with Gasteiger partial charge in [-0.15, -0.1) is 0 Å². The zero-order chi connectivity index (χ0) is 15.4. The van der Waals surface area contributed by atoms with Crippen LogP contribution in [0.25, 0.3) is 0 Å². The first-order valence-corrected chi connectivity index (χ1v) is 7.52. The molecule has 1 N–H and O–H groups in total. The van der Waals surface area contributed by atoms with Gasteiger partial charge in [0.05, 0.1) is 18.0 Å². The molecule has 1 saturated carbocycles. The third kappa shape index (κ3) is 3.62. The van der Waals surface area contributed by atoms with E-state index in [1.54, 1.807) is 18.1 Å². The standard InChI is InChI=1S/C15H23N3O3/c1-3-18-10-11(8-16-18)9-17(2)14(19)12-6-4-5-7-13(12)15(20)21/h8,10,12-13H,3-7,9H2,1-2H3,(H,20,21)/t12-,13-/m0/s1. The SMILES string of the molecule is CCn1cc(CN(C)C(=O)[C@H]2CCCC[C@@H]2C(=O)O)cn1. The van der Waals surface area contributed by atoms with E-state index >= 15 is 0 Å². The lowest BCUT2D eigenvalue weighted by Gasteiger charge is -2.30. The fraction of sp³-hybridized carbons (Fsp3) is 0.667. The van der Waals surface area contributed by atoms with Crippen LogP contribution in [0.3, 0.4) is 0 Å². The first-order chi connectivity index (χ1) is 10.0. The Morgan fingerprint density at radius 2 is 2.05 bits per heavy atom. The highest BCUT2D eigenvalue weighted by Gasteiger charge is 2.37. The van der Waals surface area contributed by atoms with Crippen LogP contribution in [0.1, 0.15) is 38.2 Å². The van der Waals surface area contributed by atoms with Gasteiger partial charge in [0.2, 0.25) is 5.91 Å². The van der Waals surface area contributed by atoms with Crippen LogP contribution < -0.4 is 0 Å². The Hall–Kier alpha value is -1.85. The number of hydrogen-bond acceptors (Lipinski definition) is 3. The van der Waals surface area contributed by atoms with Gasteiger partial charge < -0.3 is 10.0 Å². The highest BCUT2D eigenvalue weighted by molar-refractivity contribution is 5.84. The summed E-state index contributed by atoms with van der Waals surface area (Å²) in [7, 11) is 1.74. The van der Waals surface area contributed by atoms with E-state index in [1.807, 2.05) is 17.8 Å². The molecule has 2 rings (SSSR count). The van der Waals surface area contributed by atoms with Crippen molar-refractivity contribution in [3.05, 3.63) is 18.0 Å². The summed E-state index contributed by atoms with van der Waals surface area (Å²) in [5.74, 6) is -1.83. The molecule has 6 heteroatoms. The van der Waals surface area contributed by atoms with E-state index in [0.717, 1.165) is 24.9 Å². The molecule has 0 spiro atoms. The van der Waals surface area contributed by atoms with Gasteiger partial charge in [0, 0.05) is 31.9 Å². The van der Waals surface area contributed by atoms with Crippen molar-refractivity contribution < 1.29 is 14.7 Å². The van der Waals surface area contributed by atoms with E-state index in [2.05, 4.69) is 5.10 Å². The van der Waals surface area contributed by atoms with Crippen LogP contribution in [0, 0.1) is 11.8 Å². The molecule has 0 radical (unpaired) electrons. The summed E-state index contributed by atoms with van der Waals surface area (Å²) >= 11 is 0. The van der Waals surface area contributed by atoms with Crippen LogP contribution in [-0.2, 0) is 22.7 Å². The molecular formula is C15H23N3O3. The minimum absolute atomic E-state index is 0.0636. The number of carboxylic acids is 1. The van der Waals surface area contributed by atoms with Crippen LogP contribution in [0.15, 0.2) is 12.4 Å². The van der Waals surface area contributed by atoms with Gasteiger partial charge in [0.15, 0.2) is 0 Å². The van der Waals surface area contributed by atoms with Crippen LogP contribution in [0.4, 0.5) is 0 Å². The molecule has 21 heavy (non-hydrogen) atoms. The van der Waals surface area contributed by atoms with E-state index in [4.69, 9.17) is 0 Å². The van der Waals surface area contributed by atoms with Crippen LogP contribution in [0.5, 0.6) is 0 Å². The highest BCUT2D eigenvalue weighted by Crippen LogP contribution is 2.31. The Kier molecular flexibility index (Phi) is 4.98. The first kappa shape index (κ1) is 15.5. The van der Waals surface area contributed by atoms with Crippen molar-refractivity contribution >= 4 is 11.9 Å². The average Bonchev–Trinajstić information content (AvgIpc) is 2.94. The van der Waals surface area contributed by atoms with Gasteiger partial charge in [-0.25, -0.2) is 0 Å². The molecule has 0 aliphatic heterocycles. The molecule has 1 aromatic heterocycles. The minimum atomic E-state index is -0.847. The van der Waals surface area contributed by atoms with Gasteiger partial charge in [-0.3, -0.25) is 14.3 Å². The van der Waals surface area contributed by atoms with Gasteiger partial charge in [-0.05, 0) is 19.8 Å². The summed E-state index contributed by atoms with van der Waals surface area (Å²) in [6, 6.07) is 0. The van der Waals surface area contributed by atoms with E-state index in [9.17, 15) is 14.7 Å². The topological polar surface area (TPSA) is 75.4 Å². The molecule has 0 aromatic carbocycles. The zero-order valence-electron chi connectivity index (χ0n) is 12.7. The number of carbonyl (C=O) groups excluding carboxylic acids is 1. The molecule has 116 valence electrons. The van der Waals surface area contributed by atoms with Crippen molar-refractivity contribution in [2.24, 2.45) is 11.8 Å². The highest BCUT2D eigenvalue weighted by atomic mass is 16.4. The van der Waals surface area contributed by atoms with Gasteiger partial charge in [-0.2, -0.15) is 5.10 Å². The molecule has 2 atom stereocenters. The van der Waals surface area contributed by atoms with E-state index in [0.29, 0.717) is 19.4 Å². The Balaban J connectivity index is 2.01. The number of nitrogens with zero attached hydrogens (tertiary/aromatic N) is 3. The lowest BCUT2D eigenvalue weighted by Crippen LogP contribution is -2.40. The number of hydrogen-bond donors (Lipinski definition) is 1. The number of aromatic nitrogens is 2. The summed E-state index contributed by atoms with van der Waals surface area (Å²) in [4.78, 5) is 25.5. The lowest BCUT2D eigenvalue weighted by atomic mass is 9.78. The maximum Gasteiger partial charge on any atom is 0.307 e. The molecule has 1 fully saturated rings. The first-order valence-electron chi connectivity index (χ1n) is 7.52. The van der Waals surface area contributed by atoms with Crippen LogP contribution >= 0.6 is 0 Å². The Bertz CT molecular complexity index is 512.